The fraction of sp³-hybridized carbons (Fsp3) is 0.520. The Kier molecular flexibility index (Phi) is 8.00. The van der Waals surface area contributed by atoms with Crippen molar-refractivity contribution in [2.45, 2.75) is 82.3 Å². The van der Waals surface area contributed by atoms with Crippen LogP contribution in [-0.2, 0) is 4.79 Å². The van der Waals surface area contributed by atoms with Gasteiger partial charge in [-0.25, -0.2) is 4.39 Å². The van der Waals surface area contributed by atoms with E-state index in [9.17, 15) is 18.8 Å². The molecule has 4 rings (SSSR count). The Morgan fingerprint density at radius 1 is 1.00 bits per heavy atom. The molecule has 1 atom stereocenters. The highest BCUT2D eigenvalue weighted by Crippen LogP contribution is 2.35. The number of nitrogens with one attached hydrogen (secondary N) is 1. The first-order valence-electron chi connectivity index (χ1n) is 12.3. The maximum absolute atomic E-state index is 14.0. The Morgan fingerprint density at radius 2 is 1.60 bits per heavy atom. The van der Waals surface area contributed by atoms with Crippen molar-refractivity contribution < 1.29 is 18.8 Å². The minimum absolute atomic E-state index is 0.0393. The molecule has 8 nitrogen and oxygen atoms in total. The van der Waals surface area contributed by atoms with Gasteiger partial charge in [-0.1, -0.05) is 50.7 Å². The van der Waals surface area contributed by atoms with Gasteiger partial charge in [0.1, 0.15) is 16.7 Å². The number of primary amides is 1. The van der Waals surface area contributed by atoms with Crippen LogP contribution in [0, 0.1) is 5.82 Å². The maximum Gasteiger partial charge on any atom is 0.270 e. The molecule has 5 N–H and O–H groups in total. The molecule has 0 bridgehead atoms. The van der Waals surface area contributed by atoms with Gasteiger partial charge in [-0.2, -0.15) is 4.37 Å². The number of nitrogens with two attached hydrogens (primary N) is 2. The zero-order valence-corrected chi connectivity index (χ0v) is 20.5. The first-order chi connectivity index (χ1) is 16.9. The van der Waals surface area contributed by atoms with Gasteiger partial charge in [-0.05, 0) is 54.9 Å². The minimum atomic E-state index is -0.966. The Balaban J connectivity index is 1.75. The summed E-state index contributed by atoms with van der Waals surface area (Å²) in [5, 5.41) is 3.15. The van der Waals surface area contributed by atoms with Crippen LogP contribution in [0.3, 0.4) is 0 Å². The largest absolute Gasteiger partial charge is 0.395 e. The number of nitrogens with zero attached hydrogens (tertiary/aromatic N) is 2. The van der Waals surface area contributed by atoms with Crippen molar-refractivity contribution in [2.24, 2.45) is 5.73 Å². The number of hydrogen-bond acceptors (Lipinski definition) is 6. The highest BCUT2D eigenvalue weighted by molar-refractivity contribution is 7.09. The number of benzene rings is 1. The van der Waals surface area contributed by atoms with Crippen molar-refractivity contribution in [3.8, 4) is 0 Å². The van der Waals surface area contributed by atoms with Gasteiger partial charge in [-0.3, -0.25) is 14.4 Å². The monoisotopic (exact) mass is 501 g/mol. The molecule has 188 valence electrons. The zero-order chi connectivity index (χ0) is 24.9. The summed E-state index contributed by atoms with van der Waals surface area (Å²) in [7, 11) is 0. The van der Waals surface area contributed by atoms with Crippen LogP contribution in [0.25, 0.3) is 0 Å². The lowest BCUT2D eigenvalue weighted by Crippen LogP contribution is -2.51. The Labute approximate surface area is 208 Å². The third-order valence-corrected chi connectivity index (χ3v) is 7.87. The van der Waals surface area contributed by atoms with Crippen LogP contribution in [0.1, 0.15) is 96.0 Å². The van der Waals surface area contributed by atoms with Crippen LogP contribution < -0.4 is 16.8 Å². The van der Waals surface area contributed by atoms with E-state index in [4.69, 9.17) is 11.5 Å². The molecule has 0 saturated heterocycles. The van der Waals surface area contributed by atoms with E-state index in [0.717, 1.165) is 75.7 Å². The molecule has 2 fully saturated rings. The molecule has 2 aromatic rings. The molecule has 1 aromatic carbocycles. The van der Waals surface area contributed by atoms with E-state index in [1.54, 1.807) is 17.0 Å². The van der Waals surface area contributed by atoms with Gasteiger partial charge in [0.2, 0.25) is 5.91 Å². The van der Waals surface area contributed by atoms with Gasteiger partial charge >= 0.3 is 0 Å². The average Bonchev–Trinajstić information content (AvgIpc) is 3.25. The number of halogens is 1. The van der Waals surface area contributed by atoms with Gasteiger partial charge in [-0.15, -0.1) is 0 Å². The zero-order valence-electron chi connectivity index (χ0n) is 19.7. The van der Waals surface area contributed by atoms with Crippen LogP contribution in [0.4, 0.5) is 10.1 Å². The van der Waals surface area contributed by atoms with E-state index in [-0.39, 0.29) is 34.2 Å². The molecule has 2 saturated carbocycles. The highest BCUT2D eigenvalue weighted by atomic mass is 32.1. The van der Waals surface area contributed by atoms with E-state index in [1.807, 2.05) is 0 Å². The molecule has 1 heterocycles. The van der Waals surface area contributed by atoms with E-state index in [2.05, 4.69) is 9.69 Å². The number of rotatable bonds is 7. The normalized spacial score (nSPS) is 18.1. The van der Waals surface area contributed by atoms with Crippen LogP contribution in [0.2, 0.25) is 0 Å². The predicted molar refractivity (Wildman–Crippen MR) is 132 cm³/mol. The molecule has 2 aliphatic rings. The second-order valence-electron chi connectivity index (χ2n) is 9.44. The molecular weight excluding hydrogens is 469 g/mol. The van der Waals surface area contributed by atoms with Crippen molar-refractivity contribution in [3.05, 3.63) is 46.2 Å². The number of aromatic nitrogens is 1. The van der Waals surface area contributed by atoms with Crippen molar-refractivity contribution in [2.75, 3.05) is 5.73 Å². The number of carbonyl (C=O) groups is 3. The molecule has 0 radical (unpaired) electrons. The number of nitrogen functional groups attached to an aromatic ring is 1. The lowest BCUT2D eigenvalue weighted by molar-refractivity contribution is -0.127. The highest BCUT2D eigenvalue weighted by Gasteiger charge is 2.40. The fourth-order valence-corrected chi connectivity index (χ4v) is 5.96. The molecule has 35 heavy (non-hydrogen) atoms. The van der Waals surface area contributed by atoms with Crippen molar-refractivity contribution >= 4 is 34.9 Å². The molecule has 0 spiro atoms. The van der Waals surface area contributed by atoms with Gasteiger partial charge in [0, 0.05) is 12.1 Å². The van der Waals surface area contributed by atoms with Crippen LogP contribution in [0.5, 0.6) is 0 Å². The second-order valence-corrected chi connectivity index (χ2v) is 10.2. The van der Waals surface area contributed by atoms with Crippen molar-refractivity contribution in [1.29, 1.82) is 0 Å². The lowest BCUT2D eigenvalue weighted by atomic mass is 9.90. The lowest BCUT2D eigenvalue weighted by Gasteiger charge is -2.40. The molecule has 1 aromatic heterocycles. The first kappa shape index (κ1) is 25.1. The summed E-state index contributed by atoms with van der Waals surface area (Å²) < 4.78 is 17.8. The Hall–Kier alpha value is -3.01. The van der Waals surface area contributed by atoms with Crippen LogP contribution in [-0.4, -0.2) is 39.1 Å². The van der Waals surface area contributed by atoms with E-state index in [1.165, 1.54) is 12.1 Å². The Bertz CT molecular complexity index is 1060. The number of carbonyl (C=O) groups excluding carboxylic acids is 3. The smallest absolute Gasteiger partial charge is 0.270 e. The SMILES string of the molecule is NC(=O)c1nsc(C(=O)N(C2CCCCC2)[C@H](C(=O)NC2CCCCC2)c2ccc(F)cc2)c1N. The average molecular weight is 502 g/mol. The van der Waals surface area contributed by atoms with Gasteiger partial charge in [0.15, 0.2) is 5.69 Å². The minimum Gasteiger partial charge on any atom is -0.395 e. The second kappa shape index (κ2) is 11.2. The molecule has 0 aliphatic heterocycles. The van der Waals surface area contributed by atoms with E-state index in [0.29, 0.717) is 5.56 Å². The third kappa shape index (κ3) is 5.63. The number of anilines is 1. The molecule has 10 heteroatoms. The summed E-state index contributed by atoms with van der Waals surface area (Å²) in [5.41, 5.74) is 11.8. The van der Waals surface area contributed by atoms with Gasteiger partial charge in [0.05, 0.1) is 5.69 Å². The summed E-state index contributed by atoms with van der Waals surface area (Å²) in [6.45, 7) is 0. The summed E-state index contributed by atoms with van der Waals surface area (Å²) >= 11 is 0.809. The summed E-state index contributed by atoms with van der Waals surface area (Å²) in [6.07, 6.45) is 9.42. The summed E-state index contributed by atoms with van der Waals surface area (Å²) in [4.78, 5) is 41.2. The van der Waals surface area contributed by atoms with Crippen molar-refractivity contribution in [1.82, 2.24) is 14.6 Å². The molecule has 2 aliphatic carbocycles. The maximum atomic E-state index is 14.0. The number of amides is 3. The fourth-order valence-electron chi connectivity index (χ4n) is 5.21. The molecule has 0 unspecified atom stereocenters. The third-order valence-electron chi connectivity index (χ3n) is 7.02. The topological polar surface area (TPSA) is 131 Å². The Morgan fingerprint density at radius 3 is 2.17 bits per heavy atom. The standard InChI is InChI=1S/C25H32FN5O3S/c26-16-13-11-15(12-14-16)21(24(33)29-17-7-3-1-4-8-17)31(18-9-5-2-6-10-18)25(34)22-19(27)20(23(28)32)30-35-22/h11-14,17-18,21H,1-10,27H2,(H2,28,32)(H,29,33)/t21-/m0/s1. The first-order valence-corrected chi connectivity index (χ1v) is 13.1. The van der Waals surface area contributed by atoms with E-state index >= 15 is 0 Å². The van der Waals surface area contributed by atoms with Gasteiger partial charge in [0.25, 0.3) is 11.8 Å². The quantitative estimate of drug-likeness (QED) is 0.529. The molecule has 3 amide bonds. The predicted octanol–water partition coefficient (Wildman–Crippen LogP) is 3.93. The van der Waals surface area contributed by atoms with Crippen LogP contribution >= 0.6 is 11.5 Å². The molecular formula is C25H32FN5O3S. The number of hydrogen-bond donors (Lipinski definition) is 3. The van der Waals surface area contributed by atoms with Crippen molar-refractivity contribution in [3.63, 3.8) is 0 Å². The van der Waals surface area contributed by atoms with E-state index < -0.39 is 23.7 Å². The summed E-state index contributed by atoms with van der Waals surface area (Å²) in [6, 6.07) is 4.56. The summed E-state index contributed by atoms with van der Waals surface area (Å²) in [5.74, 6) is -1.99. The van der Waals surface area contributed by atoms with Gasteiger partial charge < -0.3 is 21.7 Å². The van der Waals surface area contributed by atoms with Crippen LogP contribution in [0.15, 0.2) is 24.3 Å².